The molecule has 0 atom stereocenters. The van der Waals surface area contributed by atoms with Crippen molar-refractivity contribution in [3.63, 3.8) is 0 Å². The number of nitrogens with zero attached hydrogens (tertiary/aromatic N) is 5. The van der Waals surface area contributed by atoms with Crippen LogP contribution in [0, 0.1) is 13.8 Å². The van der Waals surface area contributed by atoms with Gasteiger partial charge in [-0.1, -0.05) is 42.0 Å². The first-order chi connectivity index (χ1) is 12.5. The molecule has 0 bridgehead atoms. The van der Waals surface area contributed by atoms with Gasteiger partial charge in [0.05, 0.1) is 11.3 Å². The quantitative estimate of drug-likeness (QED) is 0.524. The van der Waals surface area contributed by atoms with Crippen molar-refractivity contribution in [1.82, 2.24) is 25.1 Å². The van der Waals surface area contributed by atoms with Crippen molar-refractivity contribution < 1.29 is 4.79 Å². The zero-order chi connectivity index (χ0) is 18.7. The molecule has 132 valence electrons. The number of rotatable bonds is 5. The Kier molecular flexibility index (Phi) is 4.93. The molecule has 2 aromatic carbocycles. The number of hydrogen-bond acceptors (Lipinski definition) is 5. The van der Waals surface area contributed by atoms with Crippen LogP contribution in [0.1, 0.15) is 27.3 Å². The van der Waals surface area contributed by atoms with Crippen molar-refractivity contribution in [2.75, 3.05) is 14.1 Å². The topological polar surface area (TPSA) is 63.9 Å². The Morgan fingerprint density at radius 1 is 1.04 bits per heavy atom. The molecule has 0 fully saturated rings. The number of Topliss-reactive ketones (excluding diaryl/α,β-unsaturated/α-hetero) is 1. The minimum absolute atomic E-state index is 0.111. The molecule has 0 amide bonds. The molecule has 1 heterocycles. The number of aryl methyl sites for hydroxylation is 2. The van der Waals surface area contributed by atoms with Crippen LogP contribution in [0.4, 0.5) is 0 Å². The van der Waals surface area contributed by atoms with Crippen LogP contribution in [0.15, 0.2) is 54.7 Å². The van der Waals surface area contributed by atoms with Crippen molar-refractivity contribution in [3.8, 4) is 5.69 Å². The summed E-state index contributed by atoms with van der Waals surface area (Å²) >= 11 is 0. The Morgan fingerprint density at radius 3 is 2.38 bits per heavy atom. The summed E-state index contributed by atoms with van der Waals surface area (Å²) in [5.74, 6) is 0.302. The van der Waals surface area contributed by atoms with E-state index in [1.807, 2.05) is 81.4 Å². The van der Waals surface area contributed by atoms with Crippen molar-refractivity contribution in [1.29, 1.82) is 0 Å². The number of carbonyl (C=O) groups is 1. The first-order valence-electron chi connectivity index (χ1n) is 8.31. The van der Waals surface area contributed by atoms with Crippen LogP contribution in [-0.2, 0) is 0 Å². The van der Waals surface area contributed by atoms with Gasteiger partial charge in [0.1, 0.15) is 0 Å². The molecular weight excluding hydrogens is 326 g/mol. The summed E-state index contributed by atoms with van der Waals surface area (Å²) in [6.45, 7) is 3.94. The van der Waals surface area contributed by atoms with Gasteiger partial charge < -0.3 is 4.90 Å². The minimum atomic E-state index is -0.111. The number of benzene rings is 2. The van der Waals surface area contributed by atoms with Gasteiger partial charge in [-0.3, -0.25) is 4.79 Å². The van der Waals surface area contributed by atoms with E-state index in [2.05, 4.69) is 15.5 Å². The summed E-state index contributed by atoms with van der Waals surface area (Å²) < 4.78 is 1.59. The molecule has 3 rings (SSSR count). The van der Waals surface area contributed by atoms with E-state index in [1.165, 1.54) is 0 Å². The average molecular weight is 347 g/mol. The van der Waals surface area contributed by atoms with Crippen molar-refractivity contribution in [2.45, 2.75) is 13.8 Å². The standard InChI is InChI=1S/C20H21N5O/c1-14-9-11-16(12-10-14)25-20(21-22-23-25)18(13-24(3)4)19(26)17-8-6-5-7-15(17)2/h5-13H,1-4H3. The minimum Gasteiger partial charge on any atom is -0.383 e. The molecule has 0 saturated heterocycles. The second-order valence-electron chi connectivity index (χ2n) is 6.40. The lowest BCUT2D eigenvalue weighted by Crippen LogP contribution is -2.14. The van der Waals surface area contributed by atoms with Gasteiger partial charge >= 0.3 is 0 Å². The molecule has 0 aliphatic heterocycles. The molecule has 0 radical (unpaired) electrons. The van der Waals surface area contributed by atoms with Crippen LogP contribution in [-0.4, -0.2) is 45.0 Å². The third-order valence-corrected chi connectivity index (χ3v) is 4.01. The summed E-state index contributed by atoms with van der Waals surface area (Å²) in [6.07, 6.45) is 1.76. The first-order valence-corrected chi connectivity index (χ1v) is 8.31. The maximum absolute atomic E-state index is 13.2. The van der Waals surface area contributed by atoms with E-state index in [4.69, 9.17) is 0 Å². The van der Waals surface area contributed by atoms with Gasteiger partial charge in [0.15, 0.2) is 11.6 Å². The van der Waals surface area contributed by atoms with E-state index < -0.39 is 0 Å². The van der Waals surface area contributed by atoms with Gasteiger partial charge in [-0.15, -0.1) is 5.10 Å². The monoisotopic (exact) mass is 347 g/mol. The average Bonchev–Trinajstić information content (AvgIpc) is 3.09. The molecule has 0 unspecified atom stereocenters. The fourth-order valence-electron chi connectivity index (χ4n) is 2.66. The van der Waals surface area contributed by atoms with E-state index in [0.717, 1.165) is 16.8 Å². The van der Waals surface area contributed by atoms with Gasteiger partial charge in [-0.05, 0) is 42.0 Å². The highest BCUT2D eigenvalue weighted by atomic mass is 16.1. The van der Waals surface area contributed by atoms with Crippen LogP contribution in [0.5, 0.6) is 0 Å². The number of aromatic nitrogens is 4. The lowest BCUT2D eigenvalue weighted by atomic mass is 9.99. The molecule has 0 aliphatic carbocycles. The van der Waals surface area contributed by atoms with E-state index in [9.17, 15) is 4.79 Å². The fraction of sp³-hybridized carbons (Fsp3) is 0.200. The predicted octanol–water partition coefficient (Wildman–Crippen LogP) is 3.06. The zero-order valence-corrected chi connectivity index (χ0v) is 15.3. The number of allylic oxidation sites excluding steroid dienone is 1. The van der Waals surface area contributed by atoms with E-state index >= 15 is 0 Å². The number of carbonyl (C=O) groups excluding carboxylic acids is 1. The highest BCUT2D eigenvalue weighted by Gasteiger charge is 2.23. The second kappa shape index (κ2) is 7.31. The molecule has 0 aliphatic rings. The maximum atomic E-state index is 13.2. The molecule has 0 saturated carbocycles. The van der Waals surface area contributed by atoms with Crippen LogP contribution in [0.3, 0.4) is 0 Å². The Bertz CT molecular complexity index is 954. The van der Waals surface area contributed by atoms with E-state index in [0.29, 0.717) is 17.0 Å². The number of hydrogen-bond donors (Lipinski definition) is 0. The second-order valence-corrected chi connectivity index (χ2v) is 6.40. The van der Waals surface area contributed by atoms with Gasteiger partial charge in [-0.25, -0.2) is 0 Å². The van der Waals surface area contributed by atoms with Crippen LogP contribution >= 0.6 is 0 Å². The third-order valence-electron chi connectivity index (χ3n) is 4.01. The first kappa shape index (κ1) is 17.5. The number of tetrazole rings is 1. The molecule has 0 N–H and O–H groups in total. The van der Waals surface area contributed by atoms with Crippen molar-refractivity contribution in [2.24, 2.45) is 0 Å². The van der Waals surface area contributed by atoms with E-state index in [-0.39, 0.29) is 5.78 Å². The molecular formula is C20H21N5O. The summed E-state index contributed by atoms with van der Waals surface area (Å²) in [4.78, 5) is 15.1. The van der Waals surface area contributed by atoms with E-state index in [1.54, 1.807) is 10.9 Å². The third kappa shape index (κ3) is 3.54. The number of ketones is 1. The molecule has 3 aromatic rings. The largest absolute Gasteiger partial charge is 0.383 e. The van der Waals surface area contributed by atoms with Gasteiger partial charge in [0.25, 0.3) is 0 Å². The Morgan fingerprint density at radius 2 is 1.73 bits per heavy atom. The van der Waals surface area contributed by atoms with Crippen molar-refractivity contribution >= 4 is 11.4 Å². The molecule has 6 nitrogen and oxygen atoms in total. The van der Waals surface area contributed by atoms with Crippen LogP contribution < -0.4 is 0 Å². The molecule has 0 spiro atoms. The smallest absolute Gasteiger partial charge is 0.198 e. The van der Waals surface area contributed by atoms with Gasteiger partial charge in [-0.2, -0.15) is 4.68 Å². The Balaban J connectivity index is 2.11. The highest BCUT2D eigenvalue weighted by Crippen LogP contribution is 2.22. The van der Waals surface area contributed by atoms with Crippen molar-refractivity contribution in [3.05, 3.63) is 77.2 Å². The maximum Gasteiger partial charge on any atom is 0.198 e. The van der Waals surface area contributed by atoms with Gasteiger partial charge in [0, 0.05) is 25.9 Å². The molecule has 6 heteroatoms. The summed E-state index contributed by atoms with van der Waals surface area (Å²) in [5, 5.41) is 12.0. The lowest BCUT2D eigenvalue weighted by molar-refractivity contribution is 0.105. The molecule has 26 heavy (non-hydrogen) atoms. The summed E-state index contributed by atoms with van der Waals surface area (Å²) in [5.41, 5.74) is 3.94. The lowest BCUT2D eigenvalue weighted by Gasteiger charge is -2.13. The summed E-state index contributed by atoms with van der Waals surface area (Å²) in [6, 6.07) is 15.3. The Labute approximate surface area is 152 Å². The Hall–Kier alpha value is -3.28. The highest BCUT2D eigenvalue weighted by molar-refractivity contribution is 6.28. The normalized spacial score (nSPS) is 11.5. The van der Waals surface area contributed by atoms with Gasteiger partial charge in [0.2, 0.25) is 0 Å². The van der Waals surface area contributed by atoms with Crippen LogP contribution in [0.25, 0.3) is 11.3 Å². The summed E-state index contributed by atoms with van der Waals surface area (Å²) in [7, 11) is 3.73. The predicted molar refractivity (Wildman–Crippen MR) is 101 cm³/mol. The van der Waals surface area contributed by atoms with Crippen LogP contribution in [0.2, 0.25) is 0 Å². The molecule has 1 aromatic heterocycles. The SMILES string of the molecule is Cc1ccc(-n2nnnc2C(=CN(C)C)C(=O)c2ccccc2C)cc1. The fourth-order valence-corrected chi connectivity index (χ4v) is 2.66. The zero-order valence-electron chi connectivity index (χ0n) is 15.3.